The molecule has 2 unspecified atom stereocenters. The molecule has 0 aliphatic heterocycles. The number of ether oxygens (including phenoxy) is 2. The molecule has 0 saturated heterocycles. The van der Waals surface area contributed by atoms with Gasteiger partial charge in [-0.2, -0.15) is 0 Å². The van der Waals surface area contributed by atoms with E-state index in [1.165, 1.54) is 154 Å². The van der Waals surface area contributed by atoms with Crippen LogP contribution in [0.5, 0.6) is 0 Å². The highest BCUT2D eigenvalue weighted by Gasteiger charge is 2.25. The number of allylic oxidation sites excluding steroid dienone is 2. The highest BCUT2D eigenvalue weighted by Crippen LogP contribution is 2.43. The number of nitrogens with two attached hydrogens (primary N) is 1. The van der Waals surface area contributed by atoms with E-state index in [0.29, 0.717) is 13.0 Å². The number of phosphoric acid groups is 1. The standard InChI is InChI=1S/C41H82NO7P/c1-3-5-7-9-11-13-14-15-16-17-18-19-20-21-22-23-24-25-27-29-31-33-36-46-38-40(39-48-50(44,45)47-37-35-42)49-41(43)34-32-30-28-26-12-10-8-6-4-2/h17-18,40H,3-16,19-39,42H2,1-2H3,(H,44,45)/b18-17-. The molecule has 3 N–H and O–H groups in total. The largest absolute Gasteiger partial charge is 0.472 e. The fraction of sp³-hybridized carbons (Fsp3) is 0.927. The Labute approximate surface area is 309 Å². The summed E-state index contributed by atoms with van der Waals surface area (Å²) in [5, 5.41) is 0. The van der Waals surface area contributed by atoms with Crippen molar-refractivity contribution in [1.82, 2.24) is 0 Å². The first-order valence-electron chi connectivity index (χ1n) is 21.2. The SMILES string of the molecule is CCCCCCCCCC/C=C\CCCCCCCCCCCCOCC(COP(=O)(O)OCCN)OC(=O)CCCCCCCCCCC. The molecule has 0 aliphatic rings. The van der Waals surface area contributed by atoms with Crippen LogP contribution >= 0.6 is 7.82 Å². The maximum Gasteiger partial charge on any atom is 0.472 e. The Morgan fingerprint density at radius 1 is 0.580 bits per heavy atom. The van der Waals surface area contributed by atoms with Crippen molar-refractivity contribution in [3.05, 3.63) is 12.2 Å². The normalized spacial score (nSPS) is 13.6. The fourth-order valence-electron chi connectivity index (χ4n) is 6.05. The lowest BCUT2D eigenvalue weighted by Crippen LogP contribution is -2.28. The van der Waals surface area contributed by atoms with E-state index in [0.717, 1.165) is 32.1 Å². The van der Waals surface area contributed by atoms with Gasteiger partial charge in [0.2, 0.25) is 0 Å². The number of esters is 1. The van der Waals surface area contributed by atoms with Crippen LogP contribution in [0.3, 0.4) is 0 Å². The van der Waals surface area contributed by atoms with Crippen molar-refractivity contribution in [3.63, 3.8) is 0 Å². The highest BCUT2D eigenvalue weighted by atomic mass is 31.2. The predicted octanol–water partition coefficient (Wildman–Crippen LogP) is 12.3. The number of carbonyl (C=O) groups excluding carboxylic acids is 1. The molecule has 0 aliphatic carbocycles. The smallest absolute Gasteiger partial charge is 0.457 e. The number of hydrogen-bond donors (Lipinski definition) is 2. The zero-order valence-electron chi connectivity index (χ0n) is 32.9. The van der Waals surface area contributed by atoms with Crippen molar-refractivity contribution in [3.8, 4) is 0 Å². The molecule has 0 heterocycles. The predicted molar refractivity (Wildman–Crippen MR) is 210 cm³/mol. The van der Waals surface area contributed by atoms with E-state index >= 15 is 0 Å². The molecule has 0 aromatic carbocycles. The van der Waals surface area contributed by atoms with Gasteiger partial charge >= 0.3 is 13.8 Å². The molecule has 0 aromatic heterocycles. The van der Waals surface area contributed by atoms with Crippen LogP contribution in [0, 0.1) is 0 Å². The second-order valence-electron chi connectivity index (χ2n) is 14.2. The zero-order valence-corrected chi connectivity index (χ0v) is 33.8. The fourth-order valence-corrected chi connectivity index (χ4v) is 6.82. The van der Waals surface area contributed by atoms with E-state index in [1.54, 1.807) is 0 Å². The summed E-state index contributed by atoms with van der Waals surface area (Å²) in [6.45, 7) is 4.93. The second kappa shape index (κ2) is 39.4. The molecule has 0 rings (SSSR count). The van der Waals surface area contributed by atoms with Crippen LogP contribution in [0.2, 0.25) is 0 Å². The highest BCUT2D eigenvalue weighted by molar-refractivity contribution is 7.47. The maximum atomic E-state index is 12.5. The van der Waals surface area contributed by atoms with E-state index < -0.39 is 13.9 Å². The minimum Gasteiger partial charge on any atom is -0.457 e. The van der Waals surface area contributed by atoms with Crippen LogP contribution in [-0.2, 0) is 27.9 Å². The molecule has 9 heteroatoms. The molecule has 0 saturated carbocycles. The number of unbranched alkanes of at least 4 members (excludes halogenated alkanes) is 26. The molecule has 0 amide bonds. The molecule has 0 fully saturated rings. The van der Waals surface area contributed by atoms with Gasteiger partial charge in [0.05, 0.1) is 19.8 Å². The average Bonchev–Trinajstić information content (AvgIpc) is 3.10. The lowest BCUT2D eigenvalue weighted by Gasteiger charge is -2.20. The Balaban J connectivity index is 3.89. The van der Waals surface area contributed by atoms with Crippen molar-refractivity contribution in [2.75, 3.05) is 33.0 Å². The Hall–Kier alpha value is -0.760. The molecule has 0 aromatic rings. The first-order chi connectivity index (χ1) is 24.4. The molecule has 0 radical (unpaired) electrons. The zero-order chi connectivity index (χ0) is 36.6. The molecular formula is C41H82NO7P. The summed E-state index contributed by atoms with van der Waals surface area (Å²) in [5.74, 6) is -0.332. The third-order valence-corrected chi connectivity index (χ3v) is 10.2. The number of carbonyl (C=O) groups is 1. The maximum absolute atomic E-state index is 12.5. The second-order valence-corrected chi connectivity index (χ2v) is 15.7. The summed E-state index contributed by atoms with van der Waals surface area (Å²) in [6.07, 6.45) is 41.0. The monoisotopic (exact) mass is 732 g/mol. The van der Waals surface area contributed by atoms with E-state index in [2.05, 4.69) is 26.0 Å². The van der Waals surface area contributed by atoms with Gasteiger partial charge in [0, 0.05) is 19.6 Å². The number of rotatable bonds is 41. The van der Waals surface area contributed by atoms with E-state index in [9.17, 15) is 14.3 Å². The first kappa shape index (κ1) is 49.2. The van der Waals surface area contributed by atoms with E-state index in [4.69, 9.17) is 24.3 Å². The molecule has 298 valence electrons. The first-order valence-corrected chi connectivity index (χ1v) is 22.7. The lowest BCUT2D eigenvalue weighted by molar-refractivity contribution is -0.154. The van der Waals surface area contributed by atoms with Gasteiger partial charge in [-0.25, -0.2) is 4.57 Å². The number of hydrogen-bond acceptors (Lipinski definition) is 7. The van der Waals surface area contributed by atoms with Crippen LogP contribution in [0.4, 0.5) is 0 Å². The topological polar surface area (TPSA) is 117 Å². The van der Waals surface area contributed by atoms with E-state index in [-0.39, 0.29) is 32.3 Å². The van der Waals surface area contributed by atoms with E-state index in [1.807, 2.05) is 0 Å². The molecule has 50 heavy (non-hydrogen) atoms. The summed E-state index contributed by atoms with van der Waals surface area (Å²) < 4.78 is 33.3. The van der Waals surface area contributed by atoms with Crippen LogP contribution in [0.15, 0.2) is 12.2 Å². The Morgan fingerprint density at radius 2 is 1.00 bits per heavy atom. The van der Waals surface area contributed by atoms with Gasteiger partial charge in [-0.3, -0.25) is 13.8 Å². The van der Waals surface area contributed by atoms with Gasteiger partial charge in [-0.15, -0.1) is 0 Å². The third kappa shape index (κ3) is 38.5. The van der Waals surface area contributed by atoms with Gasteiger partial charge in [0.25, 0.3) is 0 Å². The molecular weight excluding hydrogens is 649 g/mol. The molecule has 8 nitrogen and oxygen atoms in total. The van der Waals surface area contributed by atoms with Crippen molar-refractivity contribution >= 4 is 13.8 Å². The van der Waals surface area contributed by atoms with Crippen molar-refractivity contribution < 1.29 is 32.8 Å². The molecule has 2 atom stereocenters. The van der Waals surface area contributed by atoms with Gasteiger partial charge in [0.15, 0.2) is 0 Å². The quantitative estimate of drug-likeness (QED) is 0.0276. The summed E-state index contributed by atoms with van der Waals surface area (Å²) in [4.78, 5) is 22.3. The van der Waals surface area contributed by atoms with Crippen LogP contribution < -0.4 is 5.73 Å². The van der Waals surface area contributed by atoms with Gasteiger partial charge in [0.1, 0.15) is 6.10 Å². The summed E-state index contributed by atoms with van der Waals surface area (Å²) >= 11 is 0. The summed E-state index contributed by atoms with van der Waals surface area (Å²) in [5.41, 5.74) is 5.35. The number of phosphoric ester groups is 1. The third-order valence-electron chi connectivity index (χ3n) is 9.18. The van der Waals surface area contributed by atoms with Crippen molar-refractivity contribution in [2.24, 2.45) is 5.73 Å². The van der Waals surface area contributed by atoms with Crippen LogP contribution in [0.1, 0.15) is 206 Å². The minimum atomic E-state index is -4.26. The Kier molecular flexibility index (Phi) is 38.8. The summed E-state index contributed by atoms with van der Waals surface area (Å²) in [6, 6.07) is 0. The van der Waals surface area contributed by atoms with Gasteiger partial charge in [-0.1, -0.05) is 174 Å². The van der Waals surface area contributed by atoms with Crippen molar-refractivity contribution in [2.45, 2.75) is 213 Å². The Bertz CT molecular complexity index is 782. The summed E-state index contributed by atoms with van der Waals surface area (Å²) in [7, 11) is -4.26. The van der Waals surface area contributed by atoms with Gasteiger partial charge < -0.3 is 20.1 Å². The molecule has 0 bridgehead atoms. The lowest BCUT2D eigenvalue weighted by atomic mass is 10.1. The Morgan fingerprint density at radius 3 is 1.46 bits per heavy atom. The van der Waals surface area contributed by atoms with Crippen LogP contribution in [-0.4, -0.2) is 49.9 Å². The van der Waals surface area contributed by atoms with Crippen LogP contribution in [0.25, 0.3) is 0 Å². The average molecular weight is 732 g/mol. The minimum absolute atomic E-state index is 0.0926. The van der Waals surface area contributed by atoms with Crippen molar-refractivity contribution in [1.29, 1.82) is 0 Å². The molecule has 0 spiro atoms. The van der Waals surface area contributed by atoms with Gasteiger partial charge in [-0.05, 0) is 38.5 Å².